The molecule has 0 aliphatic carbocycles. The molecule has 7 heteroatoms. The van der Waals surface area contributed by atoms with Crippen molar-refractivity contribution in [2.75, 3.05) is 32.7 Å². The van der Waals surface area contributed by atoms with Crippen molar-refractivity contribution in [2.45, 2.75) is 44.8 Å². The van der Waals surface area contributed by atoms with Crippen LogP contribution in [0.25, 0.3) is 0 Å². The number of nitrogens with two attached hydrogens (primary N) is 1. The molecule has 1 fully saturated rings. The summed E-state index contributed by atoms with van der Waals surface area (Å²) in [7, 11) is 0. The third-order valence-corrected chi connectivity index (χ3v) is 3.70. The second-order valence-corrected chi connectivity index (χ2v) is 5.21. The topological polar surface area (TPSA) is 49.6 Å². The number of nitrogens with zero attached hydrogens (tertiary/aromatic N) is 2. The van der Waals surface area contributed by atoms with Crippen molar-refractivity contribution in [1.82, 2.24) is 9.80 Å². The SMILES string of the molecule is CCCC(CN)N1CCN(C(=O)CCC(F)(F)F)CC1. The first-order valence-corrected chi connectivity index (χ1v) is 7.16. The van der Waals surface area contributed by atoms with Gasteiger partial charge in [-0.05, 0) is 6.42 Å². The summed E-state index contributed by atoms with van der Waals surface area (Å²) in [5.41, 5.74) is 5.73. The summed E-state index contributed by atoms with van der Waals surface area (Å²) in [6, 6.07) is 0.312. The summed E-state index contributed by atoms with van der Waals surface area (Å²) < 4.78 is 36.3. The number of amides is 1. The van der Waals surface area contributed by atoms with Crippen molar-refractivity contribution in [3.8, 4) is 0 Å². The van der Waals surface area contributed by atoms with Crippen molar-refractivity contribution in [1.29, 1.82) is 0 Å². The standard InChI is InChI=1S/C13H24F3N3O/c1-2-3-11(10-17)18-6-8-19(9-7-18)12(20)4-5-13(14,15)16/h11H,2-10,17H2,1H3. The Labute approximate surface area is 118 Å². The fourth-order valence-corrected chi connectivity index (χ4v) is 2.53. The normalized spacial score (nSPS) is 19.1. The fourth-order valence-electron chi connectivity index (χ4n) is 2.53. The molecule has 0 radical (unpaired) electrons. The highest BCUT2D eigenvalue weighted by Crippen LogP contribution is 2.22. The predicted molar refractivity (Wildman–Crippen MR) is 71.2 cm³/mol. The van der Waals surface area contributed by atoms with E-state index in [1.165, 1.54) is 4.90 Å². The zero-order valence-electron chi connectivity index (χ0n) is 12.0. The molecular weight excluding hydrogens is 271 g/mol. The van der Waals surface area contributed by atoms with Gasteiger partial charge >= 0.3 is 6.18 Å². The van der Waals surface area contributed by atoms with Gasteiger partial charge in [-0.1, -0.05) is 13.3 Å². The smallest absolute Gasteiger partial charge is 0.340 e. The first-order valence-electron chi connectivity index (χ1n) is 7.16. The van der Waals surface area contributed by atoms with Crippen LogP contribution >= 0.6 is 0 Å². The molecule has 1 saturated heterocycles. The summed E-state index contributed by atoms with van der Waals surface area (Å²) in [6.45, 7) is 5.06. The molecule has 0 aromatic heterocycles. The van der Waals surface area contributed by atoms with Gasteiger partial charge in [0.05, 0.1) is 6.42 Å². The van der Waals surface area contributed by atoms with Gasteiger partial charge in [0.25, 0.3) is 0 Å². The van der Waals surface area contributed by atoms with Gasteiger partial charge in [-0.3, -0.25) is 9.69 Å². The lowest BCUT2D eigenvalue weighted by Crippen LogP contribution is -2.53. The minimum absolute atomic E-state index is 0.312. The van der Waals surface area contributed by atoms with Crippen LogP contribution in [-0.2, 0) is 4.79 Å². The molecule has 0 bridgehead atoms. The van der Waals surface area contributed by atoms with E-state index in [0.29, 0.717) is 38.8 Å². The van der Waals surface area contributed by atoms with E-state index >= 15 is 0 Å². The summed E-state index contributed by atoms with van der Waals surface area (Å²) in [5.74, 6) is -0.401. The number of halogens is 3. The van der Waals surface area contributed by atoms with Crippen LogP contribution in [0.5, 0.6) is 0 Å². The van der Waals surface area contributed by atoms with Crippen molar-refractivity contribution < 1.29 is 18.0 Å². The number of rotatable bonds is 6. The van der Waals surface area contributed by atoms with Gasteiger partial charge in [0.2, 0.25) is 5.91 Å². The third kappa shape index (κ3) is 5.66. The van der Waals surface area contributed by atoms with Crippen LogP contribution in [0.1, 0.15) is 32.6 Å². The summed E-state index contributed by atoms with van der Waals surface area (Å²) in [4.78, 5) is 15.5. The van der Waals surface area contributed by atoms with Crippen LogP contribution in [0, 0.1) is 0 Å². The molecule has 1 aliphatic rings. The quantitative estimate of drug-likeness (QED) is 0.810. The maximum atomic E-state index is 12.1. The Morgan fingerprint density at radius 2 is 1.85 bits per heavy atom. The van der Waals surface area contributed by atoms with Crippen molar-refractivity contribution >= 4 is 5.91 Å². The molecule has 0 aromatic carbocycles. The molecule has 4 nitrogen and oxygen atoms in total. The van der Waals surface area contributed by atoms with E-state index in [4.69, 9.17) is 5.73 Å². The average Bonchev–Trinajstić information content (AvgIpc) is 2.41. The van der Waals surface area contributed by atoms with Crippen LogP contribution < -0.4 is 5.73 Å². The minimum atomic E-state index is -4.26. The molecule has 1 atom stereocenters. The van der Waals surface area contributed by atoms with E-state index in [0.717, 1.165) is 12.8 Å². The van der Waals surface area contributed by atoms with E-state index in [-0.39, 0.29) is 0 Å². The number of carbonyl (C=O) groups is 1. The monoisotopic (exact) mass is 295 g/mol. The average molecular weight is 295 g/mol. The molecule has 118 valence electrons. The highest BCUT2D eigenvalue weighted by atomic mass is 19.4. The first-order chi connectivity index (χ1) is 9.37. The summed E-state index contributed by atoms with van der Waals surface area (Å²) in [6.07, 6.45) is -3.68. The second kappa shape index (κ2) is 7.83. The molecule has 1 amide bonds. The molecule has 20 heavy (non-hydrogen) atoms. The molecule has 0 saturated carbocycles. The molecule has 2 N–H and O–H groups in total. The lowest BCUT2D eigenvalue weighted by molar-refractivity contribution is -0.150. The Morgan fingerprint density at radius 3 is 2.30 bits per heavy atom. The van der Waals surface area contributed by atoms with Gasteiger partial charge in [0.1, 0.15) is 0 Å². The van der Waals surface area contributed by atoms with Crippen LogP contribution in [0.4, 0.5) is 13.2 Å². The number of hydrogen-bond acceptors (Lipinski definition) is 3. The number of hydrogen-bond donors (Lipinski definition) is 1. The maximum absolute atomic E-state index is 12.1. The molecule has 1 rings (SSSR count). The first kappa shape index (κ1) is 17.2. The highest BCUT2D eigenvalue weighted by Gasteiger charge is 2.30. The number of alkyl halides is 3. The van der Waals surface area contributed by atoms with Gasteiger partial charge in [0, 0.05) is 45.2 Å². The second-order valence-electron chi connectivity index (χ2n) is 5.21. The summed E-state index contributed by atoms with van der Waals surface area (Å²) >= 11 is 0. The van der Waals surface area contributed by atoms with Gasteiger partial charge in [-0.25, -0.2) is 0 Å². The van der Waals surface area contributed by atoms with E-state index in [1.807, 2.05) is 0 Å². The van der Waals surface area contributed by atoms with Gasteiger partial charge < -0.3 is 10.6 Å². The largest absolute Gasteiger partial charge is 0.389 e. The van der Waals surface area contributed by atoms with Gasteiger partial charge in [-0.2, -0.15) is 13.2 Å². The van der Waals surface area contributed by atoms with Crippen LogP contribution in [-0.4, -0.2) is 60.6 Å². The van der Waals surface area contributed by atoms with Gasteiger partial charge in [-0.15, -0.1) is 0 Å². The molecule has 0 spiro atoms. The van der Waals surface area contributed by atoms with E-state index in [2.05, 4.69) is 11.8 Å². The van der Waals surface area contributed by atoms with Crippen LogP contribution in [0.2, 0.25) is 0 Å². The zero-order valence-corrected chi connectivity index (χ0v) is 12.0. The van der Waals surface area contributed by atoms with E-state index < -0.39 is 24.9 Å². The minimum Gasteiger partial charge on any atom is -0.340 e. The molecular formula is C13H24F3N3O. The lowest BCUT2D eigenvalue weighted by atomic mass is 10.1. The third-order valence-electron chi connectivity index (χ3n) is 3.70. The predicted octanol–water partition coefficient (Wildman–Crippen LogP) is 1.60. The Balaban J connectivity index is 2.36. The van der Waals surface area contributed by atoms with Crippen molar-refractivity contribution in [3.05, 3.63) is 0 Å². The van der Waals surface area contributed by atoms with Gasteiger partial charge in [0.15, 0.2) is 0 Å². The molecule has 0 aromatic rings. The Morgan fingerprint density at radius 1 is 1.25 bits per heavy atom. The van der Waals surface area contributed by atoms with Crippen molar-refractivity contribution in [2.24, 2.45) is 5.73 Å². The molecule has 1 aliphatic heterocycles. The maximum Gasteiger partial charge on any atom is 0.389 e. The van der Waals surface area contributed by atoms with Crippen molar-refractivity contribution in [3.63, 3.8) is 0 Å². The fraction of sp³-hybridized carbons (Fsp3) is 0.923. The number of carbonyl (C=O) groups excluding carboxylic acids is 1. The van der Waals surface area contributed by atoms with Crippen LogP contribution in [0.3, 0.4) is 0 Å². The summed E-state index contributed by atoms with van der Waals surface area (Å²) in [5, 5.41) is 0. The Bertz CT molecular complexity index is 302. The lowest BCUT2D eigenvalue weighted by Gasteiger charge is -2.39. The Hall–Kier alpha value is -0.820. The van der Waals surface area contributed by atoms with Crippen LogP contribution in [0.15, 0.2) is 0 Å². The highest BCUT2D eigenvalue weighted by molar-refractivity contribution is 5.76. The zero-order chi connectivity index (χ0) is 15.2. The van der Waals surface area contributed by atoms with E-state index in [9.17, 15) is 18.0 Å². The van der Waals surface area contributed by atoms with E-state index in [1.54, 1.807) is 0 Å². The molecule has 1 unspecified atom stereocenters. The molecule has 1 heterocycles. The Kier molecular flexibility index (Phi) is 6.75. The number of piperazine rings is 1.